The molecule has 0 saturated carbocycles. The molecule has 0 bridgehead atoms. The zero-order chi connectivity index (χ0) is 15.7. The summed E-state index contributed by atoms with van der Waals surface area (Å²) in [6, 6.07) is 9.30. The molecule has 0 aromatic heterocycles. The zero-order valence-electron chi connectivity index (χ0n) is 11.7. The van der Waals surface area contributed by atoms with Crippen LogP contribution in [0.25, 0.3) is 0 Å². The number of esters is 1. The zero-order valence-corrected chi connectivity index (χ0v) is 12.5. The first kappa shape index (κ1) is 17.8. The second-order valence-corrected chi connectivity index (χ2v) is 5.46. The van der Waals surface area contributed by atoms with Crippen molar-refractivity contribution in [3.8, 4) is 0 Å². The van der Waals surface area contributed by atoms with E-state index in [1.54, 1.807) is 11.8 Å². The lowest BCUT2D eigenvalue weighted by Crippen LogP contribution is -2.33. The van der Waals surface area contributed by atoms with E-state index in [0.29, 0.717) is 6.54 Å². The number of ether oxygens (including phenoxy) is 1. The second-order valence-electron chi connectivity index (χ2n) is 4.30. The molecule has 1 aromatic rings. The molecule has 0 N–H and O–H groups in total. The summed E-state index contributed by atoms with van der Waals surface area (Å²) in [5, 5.41) is 0. The number of halogens is 3. The minimum absolute atomic E-state index is 0.0127. The van der Waals surface area contributed by atoms with E-state index in [1.165, 1.54) is 0 Å². The molecule has 0 spiro atoms. The van der Waals surface area contributed by atoms with E-state index in [-0.39, 0.29) is 37.2 Å². The monoisotopic (exact) mass is 321 g/mol. The first-order valence-corrected chi connectivity index (χ1v) is 7.52. The summed E-state index contributed by atoms with van der Waals surface area (Å²) >= 11 is -0.0809. The predicted octanol–water partition coefficient (Wildman–Crippen LogP) is 3.30. The van der Waals surface area contributed by atoms with Crippen molar-refractivity contribution in [1.29, 1.82) is 0 Å². The summed E-state index contributed by atoms with van der Waals surface area (Å²) in [7, 11) is 0. The number of nitrogens with zero attached hydrogens (tertiary/aromatic N) is 1. The number of carbonyl (C=O) groups excluding carboxylic acids is 1. The number of carbonyl (C=O) groups is 1. The number of hydrogen-bond donors (Lipinski definition) is 0. The maximum absolute atomic E-state index is 12.2. The van der Waals surface area contributed by atoms with Crippen molar-refractivity contribution in [2.45, 2.75) is 19.0 Å². The molecule has 118 valence electrons. The third kappa shape index (κ3) is 8.62. The van der Waals surface area contributed by atoms with Crippen LogP contribution >= 0.6 is 11.8 Å². The van der Waals surface area contributed by atoms with E-state index in [1.807, 2.05) is 30.3 Å². The van der Waals surface area contributed by atoms with Crippen molar-refractivity contribution < 1.29 is 22.7 Å². The number of alkyl halides is 3. The summed E-state index contributed by atoms with van der Waals surface area (Å²) in [6.07, 6.45) is 0. The molecule has 0 aliphatic heterocycles. The van der Waals surface area contributed by atoms with E-state index < -0.39 is 11.5 Å². The Hall–Kier alpha value is -1.21. The summed E-state index contributed by atoms with van der Waals surface area (Å²) in [4.78, 5) is 13.2. The third-order valence-electron chi connectivity index (χ3n) is 2.58. The molecule has 0 saturated heterocycles. The maximum Gasteiger partial charge on any atom is 0.441 e. The highest BCUT2D eigenvalue weighted by atomic mass is 32.2. The fourth-order valence-corrected chi connectivity index (χ4v) is 2.32. The van der Waals surface area contributed by atoms with Gasteiger partial charge in [-0.2, -0.15) is 13.2 Å². The highest BCUT2D eigenvalue weighted by molar-refractivity contribution is 8.00. The summed E-state index contributed by atoms with van der Waals surface area (Å²) in [6.45, 7) is 2.52. The lowest BCUT2D eigenvalue weighted by Gasteiger charge is -2.21. The first-order chi connectivity index (χ1) is 9.90. The van der Waals surface area contributed by atoms with E-state index in [2.05, 4.69) is 0 Å². The van der Waals surface area contributed by atoms with Gasteiger partial charge in [-0.1, -0.05) is 30.3 Å². The molecule has 21 heavy (non-hydrogen) atoms. The second kappa shape index (κ2) is 8.94. The van der Waals surface area contributed by atoms with Crippen molar-refractivity contribution in [1.82, 2.24) is 4.90 Å². The molecular formula is C14H18F3NO2S. The van der Waals surface area contributed by atoms with Crippen LogP contribution < -0.4 is 0 Å². The Morgan fingerprint density at radius 3 is 2.52 bits per heavy atom. The molecule has 0 fully saturated rings. The highest BCUT2D eigenvalue weighted by Crippen LogP contribution is 2.29. The quantitative estimate of drug-likeness (QED) is 0.687. The molecule has 0 aliphatic carbocycles. The van der Waals surface area contributed by atoms with Gasteiger partial charge in [-0.05, 0) is 24.2 Å². The van der Waals surface area contributed by atoms with Gasteiger partial charge in [0.05, 0.1) is 13.2 Å². The molecule has 1 aromatic carbocycles. The van der Waals surface area contributed by atoms with Gasteiger partial charge in [0.15, 0.2) is 0 Å². The fourth-order valence-electron chi connectivity index (χ4n) is 1.74. The van der Waals surface area contributed by atoms with E-state index in [0.717, 1.165) is 5.56 Å². The minimum Gasteiger partial charge on any atom is -0.465 e. The van der Waals surface area contributed by atoms with Gasteiger partial charge < -0.3 is 4.74 Å². The average molecular weight is 321 g/mol. The summed E-state index contributed by atoms with van der Waals surface area (Å²) in [5.74, 6) is -0.541. The molecule has 0 aliphatic rings. The van der Waals surface area contributed by atoms with Gasteiger partial charge in [0.1, 0.15) is 0 Å². The Bertz CT molecular complexity index is 426. The van der Waals surface area contributed by atoms with Gasteiger partial charge in [-0.15, -0.1) is 0 Å². The van der Waals surface area contributed by atoms with Crippen molar-refractivity contribution in [3.63, 3.8) is 0 Å². The molecule has 0 radical (unpaired) electrons. The Labute approximate surface area is 126 Å². The van der Waals surface area contributed by atoms with E-state index in [9.17, 15) is 18.0 Å². The summed E-state index contributed by atoms with van der Waals surface area (Å²) < 4.78 is 41.4. The standard InChI is InChI=1S/C14H18F3NO2S/c1-2-20-13(19)11-18(8-9-21-14(15,16)17)10-12-6-4-3-5-7-12/h3-7H,2,8-11H2,1H3. The van der Waals surface area contributed by atoms with Gasteiger partial charge in [-0.3, -0.25) is 9.69 Å². The van der Waals surface area contributed by atoms with Crippen molar-refractivity contribution >= 4 is 17.7 Å². The highest BCUT2D eigenvalue weighted by Gasteiger charge is 2.28. The normalized spacial score (nSPS) is 11.7. The van der Waals surface area contributed by atoms with Crippen LogP contribution in [0.2, 0.25) is 0 Å². The van der Waals surface area contributed by atoms with Crippen LogP contribution in [0, 0.1) is 0 Å². The van der Waals surface area contributed by atoms with Gasteiger partial charge in [0.25, 0.3) is 0 Å². The summed E-state index contributed by atoms with van der Waals surface area (Å²) in [5.41, 5.74) is -3.30. The molecule has 0 heterocycles. The molecule has 0 amide bonds. The van der Waals surface area contributed by atoms with Crippen molar-refractivity contribution in [2.24, 2.45) is 0 Å². The Morgan fingerprint density at radius 2 is 1.95 bits per heavy atom. The number of rotatable bonds is 8. The molecule has 3 nitrogen and oxygen atoms in total. The van der Waals surface area contributed by atoms with Gasteiger partial charge in [-0.25, -0.2) is 0 Å². The van der Waals surface area contributed by atoms with Crippen LogP contribution in [0.3, 0.4) is 0 Å². The largest absolute Gasteiger partial charge is 0.465 e. The molecule has 0 unspecified atom stereocenters. The lowest BCUT2D eigenvalue weighted by atomic mass is 10.2. The van der Waals surface area contributed by atoms with Gasteiger partial charge >= 0.3 is 11.5 Å². The van der Waals surface area contributed by atoms with E-state index in [4.69, 9.17) is 4.74 Å². The van der Waals surface area contributed by atoms with E-state index >= 15 is 0 Å². The lowest BCUT2D eigenvalue weighted by molar-refractivity contribution is -0.144. The molecule has 7 heteroatoms. The minimum atomic E-state index is -4.25. The number of thioether (sulfide) groups is 1. The number of benzene rings is 1. The molecule has 1 rings (SSSR count). The van der Waals surface area contributed by atoms with Crippen LogP contribution in [0.15, 0.2) is 30.3 Å². The first-order valence-electron chi connectivity index (χ1n) is 6.53. The smallest absolute Gasteiger partial charge is 0.441 e. The molecular weight excluding hydrogens is 303 g/mol. The van der Waals surface area contributed by atoms with Gasteiger partial charge in [0.2, 0.25) is 0 Å². The fraction of sp³-hybridized carbons (Fsp3) is 0.500. The van der Waals surface area contributed by atoms with Crippen LogP contribution in [0.5, 0.6) is 0 Å². The Morgan fingerprint density at radius 1 is 1.29 bits per heavy atom. The SMILES string of the molecule is CCOC(=O)CN(CCSC(F)(F)F)Cc1ccccc1. The predicted molar refractivity (Wildman–Crippen MR) is 76.9 cm³/mol. The van der Waals surface area contributed by atoms with Gasteiger partial charge in [0, 0.05) is 18.8 Å². The Kier molecular flexibility index (Phi) is 7.60. The Balaban J connectivity index is 2.55. The van der Waals surface area contributed by atoms with Crippen LogP contribution in [-0.2, 0) is 16.1 Å². The topological polar surface area (TPSA) is 29.5 Å². The van der Waals surface area contributed by atoms with Crippen molar-refractivity contribution in [3.05, 3.63) is 35.9 Å². The number of hydrogen-bond acceptors (Lipinski definition) is 4. The van der Waals surface area contributed by atoms with Crippen molar-refractivity contribution in [2.75, 3.05) is 25.4 Å². The average Bonchev–Trinajstić information content (AvgIpc) is 2.38. The van der Waals surface area contributed by atoms with Crippen LogP contribution in [-0.4, -0.2) is 41.8 Å². The third-order valence-corrected chi connectivity index (χ3v) is 3.29. The van der Waals surface area contributed by atoms with Crippen LogP contribution in [0.1, 0.15) is 12.5 Å². The molecule has 0 atom stereocenters. The maximum atomic E-state index is 12.2. The van der Waals surface area contributed by atoms with Crippen LogP contribution in [0.4, 0.5) is 13.2 Å².